The Hall–Kier alpha value is -2.86. The summed E-state index contributed by atoms with van der Waals surface area (Å²) in [5.41, 5.74) is 2.37. The third-order valence-corrected chi connectivity index (χ3v) is 4.93. The average molecular weight is 354 g/mol. The number of hydrogen-bond acceptors (Lipinski definition) is 5. The number of nitrogens with zero attached hydrogens (tertiary/aromatic N) is 2. The molecule has 3 aromatic rings. The molecule has 0 spiro atoms. The highest BCUT2D eigenvalue weighted by Crippen LogP contribution is 2.29. The van der Waals surface area contributed by atoms with Crippen molar-refractivity contribution in [3.8, 4) is 16.3 Å². The SMILES string of the molecule is CCN(Cc1cccc(-c2ccc(C(=O)O)s2)n1)c1ccccc1O. The van der Waals surface area contributed by atoms with Crippen LogP contribution in [0.15, 0.2) is 54.6 Å². The maximum Gasteiger partial charge on any atom is 0.345 e. The van der Waals surface area contributed by atoms with Crippen LogP contribution in [0.5, 0.6) is 5.75 Å². The first-order valence-electron chi connectivity index (χ1n) is 7.91. The first kappa shape index (κ1) is 17.0. The third kappa shape index (κ3) is 3.80. The Morgan fingerprint density at radius 1 is 1.12 bits per heavy atom. The zero-order chi connectivity index (χ0) is 17.8. The molecular weight excluding hydrogens is 336 g/mol. The Morgan fingerprint density at radius 2 is 1.92 bits per heavy atom. The maximum atomic E-state index is 11.0. The van der Waals surface area contributed by atoms with E-state index in [-0.39, 0.29) is 5.75 Å². The molecule has 5 nitrogen and oxygen atoms in total. The molecule has 0 radical (unpaired) electrons. The van der Waals surface area contributed by atoms with Gasteiger partial charge < -0.3 is 15.1 Å². The van der Waals surface area contributed by atoms with Crippen LogP contribution in [0.4, 0.5) is 5.69 Å². The fourth-order valence-corrected chi connectivity index (χ4v) is 3.40. The lowest BCUT2D eigenvalue weighted by Crippen LogP contribution is -2.22. The predicted molar refractivity (Wildman–Crippen MR) is 99.3 cm³/mol. The molecule has 6 heteroatoms. The first-order chi connectivity index (χ1) is 12.1. The van der Waals surface area contributed by atoms with E-state index < -0.39 is 5.97 Å². The standard InChI is InChI=1S/C19H18N2O3S/c1-2-21(15-8-3-4-9-16(15)22)12-13-6-5-7-14(20-13)17-10-11-18(25-17)19(23)24/h3-11,22H,2,12H2,1H3,(H,23,24). The van der Waals surface area contributed by atoms with Gasteiger partial charge in [0.1, 0.15) is 10.6 Å². The second-order valence-electron chi connectivity index (χ2n) is 5.49. The normalized spacial score (nSPS) is 10.6. The Morgan fingerprint density at radius 3 is 2.60 bits per heavy atom. The van der Waals surface area contributed by atoms with Crippen molar-refractivity contribution >= 4 is 23.0 Å². The molecule has 25 heavy (non-hydrogen) atoms. The van der Waals surface area contributed by atoms with Gasteiger partial charge in [0.25, 0.3) is 0 Å². The Labute approximate surface area is 149 Å². The number of pyridine rings is 1. The van der Waals surface area contributed by atoms with Gasteiger partial charge in [-0.3, -0.25) is 4.98 Å². The van der Waals surface area contributed by atoms with Crippen LogP contribution >= 0.6 is 11.3 Å². The fourth-order valence-electron chi connectivity index (χ4n) is 2.59. The van der Waals surface area contributed by atoms with Gasteiger partial charge in [0, 0.05) is 6.54 Å². The lowest BCUT2D eigenvalue weighted by atomic mass is 10.2. The van der Waals surface area contributed by atoms with Gasteiger partial charge in [-0.2, -0.15) is 0 Å². The summed E-state index contributed by atoms with van der Waals surface area (Å²) >= 11 is 1.21. The molecule has 0 saturated carbocycles. The molecule has 2 aromatic heterocycles. The van der Waals surface area contributed by atoms with Gasteiger partial charge in [0.15, 0.2) is 0 Å². The Kier molecular flexibility index (Phi) is 5.00. The lowest BCUT2D eigenvalue weighted by Gasteiger charge is -2.23. The van der Waals surface area contributed by atoms with Crippen LogP contribution in [0.2, 0.25) is 0 Å². The van der Waals surface area contributed by atoms with Crippen LogP contribution in [-0.2, 0) is 6.54 Å². The molecule has 2 heterocycles. The van der Waals surface area contributed by atoms with E-state index >= 15 is 0 Å². The number of carboxylic acid groups (broad SMARTS) is 1. The van der Waals surface area contributed by atoms with Gasteiger partial charge in [-0.15, -0.1) is 11.3 Å². The summed E-state index contributed by atoms with van der Waals surface area (Å²) in [6, 6.07) is 16.3. The number of carbonyl (C=O) groups is 1. The number of phenolic OH excluding ortho intramolecular Hbond substituents is 1. The summed E-state index contributed by atoms with van der Waals surface area (Å²) in [4.78, 5) is 18.9. The highest BCUT2D eigenvalue weighted by Gasteiger charge is 2.12. The number of para-hydroxylation sites is 2. The number of benzene rings is 1. The molecule has 0 atom stereocenters. The van der Waals surface area contributed by atoms with E-state index in [0.717, 1.165) is 28.5 Å². The molecule has 1 aromatic carbocycles. The number of aromatic carboxylic acids is 1. The second-order valence-corrected chi connectivity index (χ2v) is 6.57. The molecule has 0 bridgehead atoms. The van der Waals surface area contributed by atoms with Crippen molar-refractivity contribution in [1.82, 2.24) is 4.98 Å². The quantitative estimate of drug-likeness (QED) is 0.692. The summed E-state index contributed by atoms with van der Waals surface area (Å²) in [6.45, 7) is 3.30. The molecule has 0 unspecified atom stereocenters. The topological polar surface area (TPSA) is 73.7 Å². The first-order valence-corrected chi connectivity index (χ1v) is 8.72. The monoisotopic (exact) mass is 354 g/mol. The summed E-state index contributed by atoms with van der Waals surface area (Å²) < 4.78 is 0. The van der Waals surface area contributed by atoms with Crippen LogP contribution < -0.4 is 4.90 Å². The Balaban J connectivity index is 1.85. The molecule has 0 amide bonds. The van der Waals surface area contributed by atoms with E-state index in [1.54, 1.807) is 24.3 Å². The van der Waals surface area contributed by atoms with Crippen LogP contribution in [0, 0.1) is 0 Å². The van der Waals surface area contributed by atoms with Crippen molar-refractivity contribution in [2.45, 2.75) is 13.5 Å². The van der Waals surface area contributed by atoms with E-state index in [4.69, 9.17) is 5.11 Å². The van der Waals surface area contributed by atoms with E-state index in [1.165, 1.54) is 11.3 Å². The zero-order valence-electron chi connectivity index (χ0n) is 13.7. The van der Waals surface area contributed by atoms with Crippen molar-refractivity contribution in [1.29, 1.82) is 0 Å². The molecule has 2 N–H and O–H groups in total. The summed E-state index contributed by atoms with van der Waals surface area (Å²) in [7, 11) is 0. The van der Waals surface area contributed by atoms with Gasteiger partial charge in [-0.05, 0) is 43.3 Å². The average Bonchev–Trinajstić information content (AvgIpc) is 3.11. The summed E-state index contributed by atoms with van der Waals surface area (Å²) in [5, 5.41) is 19.1. The van der Waals surface area contributed by atoms with Gasteiger partial charge in [-0.25, -0.2) is 4.79 Å². The number of hydrogen-bond donors (Lipinski definition) is 2. The molecule has 0 saturated heterocycles. The summed E-state index contributed by atoms with van der Waals surface area (Å²) in [6.07, 6.45) is 0. The van der Waals surface area contributed by atoms with Crippen molar-refractivity contribution < 1.29 is 15.0 Å². The second kappa shape index (κ2) is 7.36. The van der Waals surface area contributed by atoms with Gasteiger partial charge in [0.05, 0.1) is 28.5 Å². The van der Waals surface area contributed by atoms with Gasteiger partial charge in [-0.1, -0.05) is 18.2 Å². The van der Waals surface area contributed by atoms with Crippen molar-refractivity contribution in [2.75, 3.05) is 11.4 Å². The van der Waals surface area contributed by atoms with E-state index in [9.17, 15) is 9.90 Å². The number of aromatic nitrogens is 1. The van der Waals surface area contributed by atoms with Crippen LogP contribution in [-0.4, -0.2) is 27.7 Å². The minimum Gasteiger partial charge on any atom is -0.506 e. The molecule has 3 rings (SSSR count). The highest BCUT2D eigenvalue weighted by molar-refractivity contribution is 7.17. The molecule has 128 valence electrons. The minimum atomic E-state index is -0.927. The van der Waals surface area contributed by atoms with E-state index in [2.05, 4.69) is 4.98 Å². The smallest absolute Gasteiger partial charge is 0.345 e. The lowest BCUT2D eigenvalue weighted by molar-refractivity contribution is 0.0702. The van der Waals surface area contributed by atoms with E-state index in [1.807, 2.05) is 42.2 Å². The van der Waals surface area contributed by atoms with Crippen LogP contribution in [0.1, 0.15) is 22.3 Å². The highest BCUT2D eigenvalue weighted by atomic mass is 32.1. The zero-order valence-corrected chi connectivity index (χ0v) is 14.5. The number of phenols is 1. The summed E-state index contributed by atoms with van der Waals surface area (Å²) in [5.74, 6) is -0.686. The Bertz CT molecular complexity index is 892. The number of rotatable bonds is 6. The minimum absolute atomic E-state index is 0.241. The van der Waals surface area contributed by atoms with Crippen molar-refractivity contribution in [2.24, 2.45) is 0 Å². The van der Waals surface area contributed by atoms with Crippen molar-refractivity contribution in [3.63, 3.8) is 0 Å². The van der Waals surface area contributed by atoms with Crippen LogP contribution in [0.25, 0.3) is 10.6 Å². The number of thiophene rings is 1. The van der Waals surface area contributed by atoms with Crippen LogP contribution in [0.3, 0.4) is 0 Å². The van der Waals surface area contributed by atoms with E-state index in [0.29, 0.717) is 11.4 Å². The van der Waals surface area contributed by atoms with Gasteiger partial charge in [0.2, 0.25) is 0 Å². The molecule has 0 fully saturated rings. The molecule has 0 aliphatic heterocycles. The fraction of sp³-hybridized carbons (Fsp3) is 0.158. The number of carboxylic acids is 1. The molecule has 0 aliphatic carbocycles. The predicted octanol–water partition coefficient (Wildman–Crippen LogP) is 4.24. The number of aromatic hydroxyl groups is 1. The molecule has 0 aliphatic rings. The van der Waals surface area contributed by atoms with Gasteiger partial charge >= 0.3 is 5.97 Å². The number of anilines is 1. The largest absolute Gasteiger partial charge is 0.506 e. The third-order valence-electron chi connectivity index (χ3n) is 3.83. The van der Waals surface area contributed by atoms with Crippen molar-refractivity contribution in [3.05, 3.63) is 65.2 Å². The molecular formula is C19H18N2O3S. The maximum absolute atomic E-state index is 11.0.